The predicted octanol–water partition coefficient (Wildman–Crippen LogP) is 6.05. The summed E-state index contributed by atoms with van der Waals surface area (Å²) < 4.78 is 29.6. The minimum atomic E-state index is -3.89. The Labute approximate surface area is 192 Å². The van der Waals surface area contributed by atoms with E-state index < -0.39 is 19.8 Å². The van der Waals surface area contributed by atoms with Crippen molar-refractivity contribution in [3.05, 3.63) is 91.0 Å². The van der Waals surface area contributed by atoms with Crippen molar-refractivity contribution in [3.63, 3.8) is 0 Å². The quantitative estimate of drug-likeness (QED) is 0.256. The van der Waals surface area contributed by atoms with E-state index in [2.05, 4.69) is 0 Å². The van der Waals surface area contributed by atoms with Crippen LogP contribution in [0.4, 0.5) is 0 Å². The van der Waals surface area contributed by atoms with Gasteiger partial charge < -0.3 is 23.8 Å². The average molecular weight is 472 g/mol. The summed E-state index contributed by atoms with van der Waals surface area (Å²) in [6.45, 7) is 0. The van der Waals surface area contributed by atoms with Crippen LogP contribution < -0.4 is 13.6 Å². The van der Waals surface area contributed by atoms with Gasteiger partial charge >= 0.3 is 19.8 Å². The number of phosphoric ester groups is 1. The molecule has 9 heteroatoms. The van der Waals surface area contributed by atoms with E-state index in [0.717, 1.165) is 0 Å². The minimum absolute atomic E-state index is 0.0628. The molecule has 3 aromatic carbocycles. The zero-order chi connectivity index (χ0) is 23.9. The Bertz CT molecular complexity index is 902. The third kappa shape index (κ3) is 10.9. The second-order valence-electron chi connectivity index (χ2n) is 6.65. The van der Waals surface area contributed by atoms with Crippen molar-refractivity contribution in [3.8, 4) is 17.2 Å². The number of unbranched alkanes of at least 4 members (excludes halogenated alkanes) is 1. The van der Waals surface area contributed by atoms with Crippen LogP contribution in [0.15, 0.2) is 91.0 Å². The van der Waals surface area contributed by atoms with Gasteiger partial charge in [-0.15, -0.1) is 0 Å². The Morgan fingerprint density at radius 2 is 0.848 bits per heavy atom. The van der Waals surface area contributed by atoms with Crippen LogP contribution in [0.5, 0.6) is 17.2 Å². The molecule has 0 atom stereocenters. The number of carbonyl (C=O) groups is 2. The molecule has 3 aromatic rings. The maximum atomic E-state index is 13.1. The number of para-hydroxylation sites is 3. The molecule has 0 aliphatic rings. The lowest BCUT2D eigenvalue weighted by Gasteiger charge is -2.19. The first-order valence-corrected chi connectivity index (χ1v) is 11.6. The van der Waals surface area contributed by atoms with E-state index in [4.69, 9.17) is 23.8 Å². The normalized spacial score (nSPS) is 10.3. The largest absolute Gasteiger partial charge is 0.647 e. The maximum absolute atomic E-state index is 13.1. The van der Waals surface area contributed by atoms with E-state index in [9.17, 15) is 14.2 Å². The zero-order valence-corrected chi connectivity index (χ0v) is 18.7. The smallest absolute Gasteiger partial charge is 0.481 e. The molecule has 0 saturated carbocycles. The van der Waals surface area contributed by atoms with Crippen LogP contribution in [0.1, 0.15) is 25.7 Å². The first-order valence-electron chi connectivity index (χ1n) is 10.1. The molecule has 8 nitrogen and oxygen atoms in total. The predicted molar refractivity (Wildman–Crippen MR) is 123 cm³/mol. The number of rotatable bonds is 11. The Morgan fingerprint density at radius 1 is 0.576 bits per heavy atom. The number of hydrogen-bond acceptors (Lipinski definition) is 6. The maximum Gasteiger partial charge on any atom is 0.647 e. The summed E-state index contributed by atoms with van der Waals surface area (Å²) in [5.74, 6) is -0.524. The monoisotopic (exact) mass is 472 g/mol. The third-order valence-corrected chi connectivity index (χ3v) is 5.22. The lowest BCUT2D eigenvalue weighted by molar-refractivity contribution is -0.139. The lowest BCUT2D eigenvalue weighted by atomic mass is 10.2. The van der Waals surface area contributed by atoms with Crippen LogP contribution in [0.3, 0.4) is 0 Å². The third-order valence-electron chi connectivity index (χ3n) is 3.91. The van der Waals surface area contributed by atoms with E-state index >= 15 is 0 Å². The van der Waals surface area contributed by atoms with Crippen molar-refractivity contribution in [1.82, 2.24) is 0 Å². The molecule has 0 amide bonds. The van der Waals surface area contributed by atoms with Gasteiger partial charge in [0.2, 0.25) is 0 Å². The fourth-order valence-corrected chi connectivity index (χ4v) is 3.69. The van der Waals surface area contributed by atoms with Crippen LogP contribution >= 0.6 is 7.82 Å². The van der Waals surface area contributed by atoms with Crippen LogP contribution in [0.25, 0.3) is 0 Å². The topological polar surface area (TPSA) is 119 Å². The van der Waals surface area contributed by atoms with Gasteiger partial charge in [0.15, 0.2) is 0 Å². The van der Waals surface area contributed by atoms with Crippen LogP contribution in [0.2, 0.25) is 0 Å². The van der Waals surface area contributed by atoms with Gasteiger partial charge in [-0.1, -0.05) is 54.6 Å². The second kappa shape index (κ2) is 13.6. The summed E-state index contributed by atoms with van der Waals surface area (Å²) in [6, 6.07) is 26.4. The Kier molecular flexibility index (Phi) is 10.5. The van der Waals surface area contributed by atoms with E-state index in [-0.39, 0.29) is 12.8 Å². The van der Waals surface area contributed by atoms with E-state index in [1.54, 1.807) is 72.8 Å². The van der Waals surface area contributed by atoms with Crippen molar-refractivity contribution in [2.45, 2.75) is 25.7 Å². The molecule has 0 saturated heterocycles. The molecule has 174 valence electrons. The summed E-state index contributed by atoms with van der Waals surface area (Å²) in [4.78, 5) is 19.8. The standard InChI is InChI=1S/C18H15O4P.C6H10O4/c19-23(20-16-10-4-1-5-11-16,21-17-12-6-2-7-13-17)22-18-14-8-3-9-15-18;7-5(8)3-1-2-4-6(9)10/h1-15H;1-4H2,(H,7,8)(H,9,10). The molecule has 0 radical (unpaired) electrons. The summed E-state index contributed by atoms with van der Waals surface area (Å²) in [5.41, 5.74) is 0. The molecule has 0 heterocycles. The van der Waals surface area contributed by atoms with Crippen molar-refractivity contribution >= 4 is 19.8 Å². The molecular formula is C24H25O8P. The van der Waals surface area contributed by atoms with Gasteiger partial charge in [0, 0.05) is 12.8 Å². The summed E-state index contributed by atoms with van der Waals surface area (Å²) in [7, 11) is -3.89. The van der Waals surface area contributed by atoms with Crippen molar-refractivity contribution in [2.24, 2.45) is 0 Å². The number of phosphoric acid groups is 1. The fourth-order valence-electron chi connectivity index (χ4n) is 2.44. The molecule has 2 N–H and O–H groups in total. The highest BCUT2D eigenvalue weighted by atomic mass is 31.2. The summed E-state index contributed by atoms with van der Waals surface area (Å²) in [6.07, 6.45) is 1.02. The fraction of sp³-hybridized carbons (Fsp3) is 0.167. The first kappa shape index (κ1) is 25.5. The highest BCUT2D eigenvalue weighted by molar-refractivity contribution is 7.49. The van der Waals surface area contributed by atoms with Gasteiger partial charge in [-0.2, -0.15) is 4.57 Å². The molecule has 0 aromatic heterocycles. The minimum Gasteiger partial charge on any atom is -0.481 e. The van der Waals surface area contributed by atoms with Crippen molar-refractivity contribution < 1.29 is 37.9 Å². The van der Waals surface area contributed by atoms with E-state index in [1.807, 2.05) is 18.2 Å². The number of carboxylic acids is 2. The number of aliphatic carboxylic acids is 2. The van der Waals surface area contributed by atoms with Crippen LogP contribution in [-0.4, -0.2) is 22.2 Å². The molecule has 0 unspecified atom stereocenters. The van der Waals surface area contributed by atoms with Gasteiger partial charge in [-0.25, -0.2) is 0 Å². The van der Waals surface area contributed by atoms with E-state index in [1.165, 1.54) is 0 Å². The zero-order valence-electron chi connectivity index (χ0n) is 17.8. The van der Waals surface area contributed by atoms with Crippen molar-refractivity contribution in [1.29, 1.82) is 0 Å². The number of hydrogen-bond donors (Lipinski definition) is 2. The molecule has 0 fully saturated rings. The number of benzene rings is 3. The van der Waals surface area contributed by atoms with Crippen LogP contribution in [-0.2, 0) is 14.2 Å². The second-order valence-corrected chi connectivity index (χ2v) is 8.10. The highest BCUT2D eigenvalue weighted by Gasteiger charge is 2.33. The molecule has 0 bridgehead atoms. The Balaban J connectivity index is 0.000000328. The molecule has 0 aliphatic heterocycles. The molecule has 0 aliphatic carbocycles. The molecule has 3 rings (SSSR count). The van der Waals surface area contributed by atoms with Gasteiger partial charge in [-0.05, 0) is 49.2 Å². The average Bonchev–Trinajstić information content (AvgIpc) is 2.79. The van der Waals surface area contributed by atoms with Crippen molar-refractivity contribution in [2.75, 3.05) is 0 Å². The molecule has 33 heavy (non-hydrogen) atoms. The highest BCUT2D eigenvalue weighted by Crippen LogP contribution is 2.49. The Morgan fingerprint density at radius 3 is 1.09 bits per heavy atom. The van der Waals surface area contributed by atoms with Gasteiger partial charge in [0.25, 0.3) is 0 Å². The summed E-state index contributed by atoms with van der Waals surface area (Å²) in [5, 5.41) is 16.3. The van der Waals surface area contributed by atoms with Gasteiger partial charge in [0.05, 0.1) is 0 Å². The van der Waals surface area contributed by atoms with Crippen LogP contribution in [0, 0.1) is 0 Å². The molecule has 0 spiro atoms. The number of carboxylic acid groups (broad SMARTS) is 2. The van der Waals surface area contributed by atoms with Gasteiger partial charge in [-0.3, -0.25) is 9.59 Å². The first-order chi connectivity index (χ1) is 15.9. The lowest BCUT2D eigenvalue weighted by Crippen LogP contribution is -2.07. The summed E-state index contributed by atoms with van der Waals surface area (Å²) >= 11 is 0. The van der Waals surface area contributed by atoms with Gasteiger partial charge in [0.1, 0.15) is 17.2 Å². The Hall–Kier alpha value is -3.77. The van der Waals surface area contributed by atoms with E-state index in [0.29, 0.717) is 30.1 Å². The molecular weight excluding hydrogens is 447 g/mol. The SMILES string of the molecule is O=C(O)CCCCC(=O)O.O=P(Oc1ccccc1)(Oc1ccccc1)Oc1ccccc1.